The smallest absolute Gasteiger partial charge is 0.177 e. The number of nitrogen functional groups attached to an aromatic ring is 1. The first kappa shape index (κ1) is 10.3. The lowest BCUT2D eigenvalue weighted by Crippen LogP contribution is -1.87. The summed E-state index contributed by atoms with van der Waals surface area (Å²) in [6, 6.07) is 3.94. The molecular weight excluding hydrogens is 276 g/mol. The zero-order valence-corrected chi connectivity index (χ0v) is 10.3. The molecule has 0 saturated carbocycles. The molecule has 0 aliphatic heterocycles. The van der Waals surface area contributed by atoms with E-state index in [1.54, 1.807) is 6.26 Å². The average Bonchev–Trinajstić information content (AvgIpc) is 2.74. The second-order valence-corrected chi connectivity index (χ2v) is 4.76. The number of thiophene rings is 1. The number of hydrogen-bond acceptors (Lipinski definition) is 4. The zero-order valence-electron chi connectivity index (χ0n) is 7.87. The molecule has 15 heavy (non-hydrogen) atoms. The lowest BCUT2D eigenvalue weighted by molar-refractivity contribution is 0.542. The Kier molecular flexibility index (Phi) is 2.55. The van der Waals surface area contributed by atoms with Crippen LogP contribution in [0.15, 0.2) is 21.4 Å². The van der Waals surface area contributed by atoms with Gasteiger partial charge in [0.1, 0.15) is 10.9 Å². The minimum absolute atomic E-state index is 0.551. The van der Waals surface area contributed by atoms with Gasteiger partial charge in [0.25, 0.3) is 0 Å². The Morgan fingerprint density at radius 1 is 1.60 bits per heavy atom. The van der Waals surface area contributed by atoms with Gasteiger partial charge >= 0.3 is 0 Å². The first-order valence-corrected chi connectivity index (χ1v) is 5.78. The molecule has 0 unspecified atom stereocenters. The Morgan fingerprint density at radius 3 is 2.80 bits per heavy atom. The van der Waals surface area contributed by atoms with E-state index in [4.69, 9.17) is 15.4 Å². The van der Waals surface area contributed by atoms with Crippen molar-refractivity contribution in [3.63, 3.8) is 0 Å². The van der Waals surface area contributed by atoms with Gasteiger partial charge in [-0.25, -0.2) is 0 Å². The molecule has 0 aliphatic carbocycles. The maximum Gasteiger partial charge on any atom is 0.177 e. The van der Waals surface area contributed by atoms with Crippen LogP contribution < -0.4 is 5.73 Å². The number of nitriles is 1. The van der Waals surface area contributed by atoms with Crippen LogP contribution in [0.4, 0.5) is 5.69 Å². The Morgan fingerprint density at radius 2 is 2.33 bits per heavy atom. The van der Waals surface area contributed by atoms with Crippen molar-refractivity contribution in [3.05, 3.63) is 27.4 Å². The van der Waals surface area contributed by atoms with Crippen LogP contribution in [-0.4, -0.2) is 0 Å². The number of hydrogen-bond donors (Lipinski definition) is 1. The van der Waals surface area contributed by atoms with Crippen molar-refractivity contribution < 1.29 is 4.42 Å². The summed E-state index contributed by atoms with van der Waals surface area (Å²) < 4.78 is 5.82. The monoisotopic (exact) mass is 282 g/mol. The molecule has 0 spiro atoms. The second kappa shape index (κ2) is 3.72. The van der Waals surface area contributed by atoms with E-state index in [1.807, 2.05) is 13.0 Å². The molecular formula is C10H7BrN2OS. The first-order chi connectivity index (χ1) is 7.15. The summed E-state index contributed by atoms with van der Waals surface area (Å²) in [5.41, 5.74) is 8.24. The minimum Gasteiger partial charge on any atom is -0.457 e. The molecule has 0 atom stereocenters. The zero-order chi connectivity index (χ0) is 11.0. The van der Waals surface area contributed by atoms with Crippen LogP contribution in [0.25, 0.3) is 10.4 Å². The Hall–Kier alpha value is -1.25. The van der Waals surface area contributed by atoms with Crippen molar-refractivity contribution in [2.75, 3.05) is 5.73 Å². The number of nitrogens with two attached hydrogens (primary N) is 1. The van der Waals surface area contributed by atoms with Gasteiger partial charge in [-0.1, -0.05) is 0 Å². The van der Waals surface area contributed by atoms with Crippen molar-refractivity contribution >= 4 is 33.0 Å². The van der Waals surface area contributed by atoms with Gasteiger partial charge < -0.3 is 10.2 Å². The molecule has 5 heteroatoms. The van der Waals surface area contributed by atoms with Crippen molar-refractivity contribution in [3.8, 4) is 16.5 Å². The van der Waals surface area contributed by atoms with E-state index in [-0.39, 0.29) is 0 Å². The van der Waals surface area contributed by atoms with Crippen molar-refractivity contribution in [1.82, 2.24) is 0 Å². The van der Waals surface area contributed by atoms with Gasteiger partial charge in [-0.05, 0) is 34.5 Å². The molecule has 0 bridgehead atoms. The highest BCUT2D eigenvalue weighted by molar-refractivity contribution is 9.10. The van der Waals surface area contributed by atoms with Gasteiger partial charge in [-0.3, -0.25) is 0 Å². The third-order valence-corrected chi connectivity index (χ3v) is 4.02. The number of nitrogens with zero attached hydrogens (tertiary/aromatic N) is 1. The summed E-state index contributed by atoms with van der Waals surface area (Å²) in [6.07, 6.45) is 1.60. The summed E-state index contributed by atoms with van der Waals surface area (Å²) in [6.45, 7) is 1.90. The third kappa shape index (κ3) is 1.56. The predicted octanol–water partition coefficient (Wildman–Crippen LogP) is 3.53. The summed E-state index contributed by atoms with van der Waals surface area (Å²) in [4.78, 5) is 1.53. The fraction of sp³-hybridized carbons (Fsp3) is 0.100. The molecule has 3 nitrogen and oxygen atoms in total. The molecule has 2 rings (SSSR count). The quantitative estimate of drug-likeness (QED) is 0.870. The van der Waals surface area contributed by atoms with E-state index in [2.05, 4.69) is 22.0 Å². The molecule has 0 radical (unpaired) electrons. The number of anilines is 1. The molecule has 0 amide bonds. The molecule has 0 fully saturated rings. The summed E-state index contributed by atoms with van der Waals surface area (Å²) in [5.74, 6) is 0. The molecule has 0 aromatic carbocycles. The average molecular weight is 283 g/mol. The van der Waals surface area contributed by atoms with E-state index in [0.29, 0.717) is 15.2 Å². The van der Waals surface area contributed by atoms with Gasteiger partial charge in [0, 0.05) is 10.4 Å². The number of furan rings is 1. The summed E-state index contributed by atoms with van der Waals surface area (Å²) >= 11 is 4.69. The molecule has 2 N–H and O–H groups in total. The Labute approximate surface area is 99.3 Å². The van der Waals surface area contributed by atoms with E-state index in [1.165, 1.54) is 11.3 Å². The molecule has 2 aromatic heterocycles. The highest BCUT2D eigenvalue weighted by Crippen LogP contribution is 2.40. The fourth-order valence-electron chi connectivity index (χ4n) is 1.32. The molecule has 0 saturated heterocycles. The number of rotatable bonds is 1. The minimum atomic E-state index is 0.551. The van der Waals surface area contributed by atoms with Crippen LogP contribution >= 0.6 is 27.3 Å². The second-order valence-electron chi connectivity index (χ2n) is 3.02. The van der Waals surface area contributed by atoms with E-state index < -0.39 is 0 Å². The van der Waals surface area contributed by atoms with Crippen LogP contribution in [-0.2, 0) is 0 Å². The maximum absolute atomic E-state index is 8.87. The van der Waals surface area contributed by atoms with Crippen LogP contribution in [0.3, 0.4) is 0 Å². The van der Waals surface area contributed by atoms with Gasteiger partial charge in [-0.2, -0.15) is 5.26 Å². The first-order valence-electron chi connectivity index (χ1n) is 4.17. The highest BCUT2D eigenvalue weighted by Gasteiger charge is 2.16. The van der Waals surface area contributed by atoms with Crippen molar-refractivity contribution in [2.45, 2.75) is 6.92 Å². The standard InChI is InChI=1S/C10H7BrN2OS/c1-5-8(13)7(4-12)15-9(5)6-2-3-14-10(6)11/h2-3H,13H2,1H3. The third-order valence-electron chi connectivity index (χ3n) is 2.16. The largest absolute Gasteiger partial charge is 0.457 e. The predicted molar refractivity (Wildman–Crippen MR) is 63.6 cm³/mol. The van der Waals surface area contributed by atoms with Crippen molar-refractivity contribution in [1.29, 1.82) is 5.26 Å². The maximum atomic E-state index is 8.87. The summed E-state index contributed by atoms with van der Waals surface area (Å²) in [7, 11) is 0. The topological polar surface area (TPSA) is 63.0 Å². The Balaban J connectivity index is 2.66. The molecule has 76 valence electrons. The lowest BCUT2D eigenvalue weighted by Gasteiger charge is -1.95. The van der Waals surface area contributed by atoms with Crippen molar-refractivity contribution in [2.24, 2.45) is 0 Å². The molecule has 2 aromatic rings. The fourth-order valence-corrected chi connectivity index (χ4v) is 2.94. The van der Waals surface area contributed by atoms with Gasteiger partial charge in [-0.15, -0.1) is 11.3 Å². The highest BCUT2D eigenvalue weighted by atomic mass is 79.9. The van der Waals surface area contributed by atoms with Crippen LogP contribution in [0, 0.1) is 18.3 Å². The molecule has 2 heterocycles. The van der Waals surface area contributed by atoms with E-state index in [0.717, 1.165) is 16.0 Å². The summed E-state index contributed by atoms with van der Waals surface area (Å²) in [5, 5.41) is 8.87. The normalized spacial score (nSPS) is 10.2. The van der Waals surface area contributed by atoms with Crippen LogP contribution in [0.2, 0.25) is 0 Å². The molecule has 0 aliphatic rings. The Bertz CT molecular complexity index is 550. The number of halogens is 1. The van der Waals surface area contributed by atoms with Gasteiger partial charge in [0.15, 0.2) is 4.67 Å². The van der Waals surface area contributed by atoms with E-state index in [9.17, 15) is 0 Å². The van der Waals surface area contributed by atoms with E-state index >= 15 is 0 Å². The van der Waals surface area contributed by atoms with Gasteiger partial charge in [0.05, 0.1) is 12.0 Å². The van der Waals surface area contributed by atoms with Gasteiger partial charge in [0.2, 0.25) is 0 Å². The van der Waals surface area contributed by atoms with Crippen LogP contribution in [0.5, 0.6) is 0 Å². The SMILES string of the molecule is Cc1c(-c2ccoc2Br)sc(C#N)c1N. The van der Waals surface area contributed by atoms with Crippen LogP contribution in [0.1, 0.15) is 10.4 Å². The lowest BCUT2D eigenvalue weighted by atomic mass is 10.1.